The Labute approximate surface area is 154 Å². The highest BCUT2D eigenvalue weighted by molar-refractivity contribution is 5.75. The van der Waals surface area contributed by atoms with Crippen molar-refractivity contribution in [2.45, 2.75) is 12.8 Å². The molecule has 142 valence electrons. The lowest BCUT2D eigenvalue weighted by molar-refractivity contribution is -0.383. The van der Waals surface area contributed by atoms with E-state index in [1.807, 2.05) is 0 Å². The van der Waals surface area contributed by atoms with Crippen LogP contribution in [0.25, 0.3) is 0 Å². The predicted molar refractivity (Wildman–Crippen MR) is 95.3 cm³/mol. The Hall–Kier alpha value is -3.30. The molecule has 10 heteroatoms. The number of carbonyl (C=O) groups excluding carboxylic acids is 1. The summed E-state index contributed by atoms with van der Waals surface area (Å²) in [7, 11) is 1.34. The maximum atomic E-state index is 13.1. The fraction of sp³-hybridized carbons (Fsp3) is 0.353. The quantitative estimate of drug-likeness (QED) is 0.482. The van der Waals surface area contributed by atoms with Crippen molar-refractivity contribution >= 4 is 29.0 Å². The minimum absolute atomic E-state index is 0.0201. The summed E-state index contributed by atoms with van der Waals surface area (Å²) in [6, 6.07) is 5.41. The van der Waals surface area contributed by atoms with Gasteiger partial charge in [-0.25, -0.2) is 14.4 Å². The van der Waals surface area contributed by atoms with Crippen molar-refractivity contribution in [3.8, 4) is 0 Å². The standard InChI is InChI=1S/C17H18FN5O4/c1-27-17(24)11-6-8-22(9-7-11)16-14(23(25)26)15(19-10-20-16)21-13-4-2-12(18)3-5-13/h2-5,10-11H,6-9H2,1H3,(H,19,20,21). The molecular formula is C17H18FN5O4. The molecular weight excluding hydrogens is 357 g/mol. The highest BCUT2D eigenvalue weighted by Gasteiger charge is 2.32. The number of rotatable bonds is 5. The highest BCUT2D eigenvalue weighted by atomic mass is 19.1. The van der Waals surface area contributed by atoms with Gasteiger partial charge in [0.1, 0.15) is 12.1 Å². The van der Waals surface area contributed by atoms with Crippen molar-refractivity contribution in [1.82, 2.24) is 9.97 Å². The zero-order chi connectivity index (χ0) is 19.4. The molecule has 27 heavy (non-hydrogen) atoms. The van der Waals surface area contributed by atoms with Gasteiger partial charge in [-0.15, -0.1) is 0 Å². The van der Waals surface area contributed by atoms with Crippen LogP contribution in [-0.4, -0.2) is 41.1 Å². The zero-order valence-electron chi connectivity index (χ0n) is 14.6. The molecule has 0 radical (unpaired) electrons. The highest BCUT2D eigenvalue weighted by Crippen LogP contribution is 2.35. The second-order valence-electron chi connectivity index (χ2n) is 6.07. The van der Waals surface area contributed by atoms with E-state index in [4.69, 9.17) is 4.74 Å². The minimum Gasteiger partial charge on any atom is -0.469 e. The molecule has 9 nitrogen and oxygen atoms in total. The van der Waals surface area contributed by atoms with Crippen molar-refractivity contribution in [1.29, 1.82) is 0 Å². The Morgan fingerprint density at radius 2 is 1.96 bits per heavy atom. The fourth-order valence-corrected chi connectivity index (χ4v) is 3.02. The van der Waals surface area contributed by atoms with E-state index >= 15 is 0 Å². The van der Waals surface area contributed by atoms with Crippen LogP contribution in [0.1, 0.15) is 12.8 Å². The van der Waals surface area contributed by atoms with Crippen LogP contribution in [0.5, 0.6) is 0 Å². The fourth-order valence-electron chi connectivity index (χ4n) is 3.02. The number of piperidine rings is 1. The van der Waals surface area contributed by atoms with Gasteiger partial charge in [0.25, 0.3) is 0 Å². The minimum atomic E-state index is -0.548. The molecule has 0 bridgehead atoms. The summed E-state index contributed by atoms with van der Waals surface area (Å²) in [6.07, 6.45) is 2.28. The van der Waals surface area contributed by atoms with Crippen LogP contribution in [0.4, 0.5) is 27.4 Å². The number of nitrogens with one attached hydrogen (secondary N) is 1. The number of benzene rings is 1. The number of halogens is 1. The number of carbonyl (C=O) groups is 1. The van der Waals surface area contributed by atoms with Crippen molar-refractivity contribution < 1.29 is 18.8 Å². The third kappa shape index (κ3) is 4.10. The van der Waals surface area contributed by atoms with Gasteiger partial charge in [-0.05, 0) is 37.1 Å². The van der Waals surface area contributed by atoms with Crippen LogP contribution >= 0.6 is 0 Å². The van der Waals surface area contributed by atoms with Crippen LogP contribution in [0.2, 0.25) is 0 Å². The summed E-state index contributed by atoms with van der Waals surface area (Å²) in [4.78, 5) is 32.6. The molecule has 0 atom stereocenters. The van der Waals surface area contributed by atoms with E-state index in [9.17, 15) is 19.3 Å². The molecule has 0 amide bonds. The van der Waals surface area contributed by atoms with E-state index in [1.54, 1.807) is 4.90 Å². The predicted octanol–water partition coefficient (Wildman–Crippen LogP) is 2.66. The molecule has 0 saturated carbocycles. The topological polar surface area (TPSA) is 110 Å². The number of anilines is 3. The van der Waals surface area contributed by atoms with E-state index < -0.39 is 10.7 Å². The molecule has 1 aromatic carbocycles. The summed E-state index contributed by atoms with van der Waals surface area (Å²) >= 11 is 0. The van der Waals surface area contributed by atoms with E-state index in [2.05, 4.69) is 15.3 Å². The summed E-state index contributed by atoms with van der Waals surface area (Å²) in [6.45, 7) is 0.876. The van der Waals surface area contributed by atoms with Crippen molar-refractivity contribution in [3.05, 3.63) is 46.5 Å². The van der Waals surface area contributed by atoms with Crippen molar-refractivity contribution in [2.75, 3.05) is 30.4 Å². The van der Waals surface area contributed by atoms with E-state index in [1.165, 1.54) is 37.7 Å². The molecule has 1 saturated heterocycles. The third-order valence-corrected chi connectivity index (χ3v) is 4.42. The normalized spacial score (nSPS) is 14.7. The Balaban J connectivity index is 1.85. The molecule has 1 fully saturated rings. The number of methoxy groups -OCH3 is 1. The summed E-state index contributed by atoms with van der Waals surface area (Å²) in [5.41, 5.74) is 0.201. The molecule has 0 spiro atoms. The third-order valence-electron chi connectivity index (χ3n) is 4.42. The average Bonchev–Trinajstić information content (AvgIpc) is 2.69. The van der Waals surface area contributed by atoms with Crippen LogP contribution in [-0.2, 0) is 9.53 Å². The van der Waals surface area contributed by atoms with Gasteiger partial charge in [0, 0.05) is 18.8 Å². The van der Waals surface area contributed by atoms with E-state index in [0.717, 1.165) is 0 Å². The zero-order valence-corrected chi connectivity index (χ0v) is 14.6. The molecule has 3 rings (SSSR count). The number of hydrogen-bond acceptors (Lipinski definition) is 8. The van der Waals surface area contributed by atoms with Gasteiger partial charge in [0.15, 0.2) is 0 Å². The Morgan fingerprint density at radius 3 is 2.56 bits per heavy atom. The van der Waals surface area contributed by atoms with Gasteiger partial charge < -0.3 is 15.0 Å². The van der Waals surface area contributed by atoms with Crippen LogP contribution in [0.3, 0.4) is 0 Å². The Morgan fingerprint density at radius 1 is 1.30 bits per heavy atom. The van der Waals surface area contributed by atoms with Crippen molar-refractivity contribution in [3.63, 3.8) is 0 Å². The number of nitrogens with zero attached hydrogens (tertiary/aromatic N) is 4. The summed E-state index contributed by atoms with van der Waals surface area (Å²) in [5.74, 6) is -0.698. The lowest BCUT2D eigenvalue weighted by atomic mass is 9.97. The van der Waals surface area contributed by atoms with E-state index in [-0.39, 0.29) is 29.2 Å². The van der Waals surface area contributed by atoms with E-state index in [0.29, 0.717) is 31.6 Å². The van der Waals surface area contributed by atoms with Crippen molar-refractivity contribution in [2.24, 2.45) is 5.92 Å². The molecule has 2 heterocycles. The second-order valence-corrected chi connectivity index (χ2v) is 6.07. The van der Waals surface area contributed by atoms with Crippen LogP contribution in [0, 0.1) is 21.8 Å². The summed E-state index contributed by atoms with van der Waals surface area (Å²) in [5, 5.41) is 14.5. The first kappa shape index (κ1) is 18.5. The number of aromatic nitrogens is 2. The largest absolute Gasteiger partial charge is 0.469 e. The Kier molecular flexibility index (Phi) is 5.43. The van der Waals surface area contributed by atoms with Gasteiger partial charge in [-0.1, -0.05) is 0 Å². The smallest absolute Gasteiger partial charge is 0.353 e. The average molecular weight is 375 g/mol. The first-order valence-electron chi connectivity index (χ1n) is 8.34. The second kappa shape index (κ2) is 7.94. The number of ether oxygens (including phenoxy) is 1. The molecule has 0 aliphatic carbocycles. The molecule has 1 aromatic heterocycles. The number of nitro groups is 1. The molecule has 0 unspecified atom stereocenters. The first-order valence-corrected chi connectivity index (χ1v) is 8.34. The Bertz CT molecular complexity index is 838. The van der Waals surface area contributed by atoms with Gasteiger partial charge in [-0.2, -0.15) is 0 Å². The summed E-state index contributed by atoms with van der Waals surface area (Å²) < 4.78 is 17.8. The molecule has 1 aliphatic heterocycles. The monoisotopic (exact) mass is 375 g/mol. The lowest BCUT2D eigenvalue weighted by Crippen LogP contribution is -2.37. The number of esters is 1. The molecule has 2 aromatic rings. The van der Waals surface area contributed by atoms with Gasteiger partial charge in [-0.3, -0.25) is 14.9 Å². The van der Waals surface area contributed by atoms with Gasteiger partial charge >= 0.3 is 11.7 Å². The SMILES string of the molecule is COC(=O)C1CCN(c2ncnc(Nc3ccc(F)cc3)c2[N+](=O)[O-])CC1. The van der Waals surface area contributed by atoms with Crippen LogP contribution in [0.15, 0.2) is 30.6 Å². The van der Waals surface area contributed by atoms with Gasteiger partial charge in [0.05, 0.1) is 18.0 Å². The maximum Gasteiger partial charge on any atom is 0.353 e. The first-order chi connectivity index (χ1) is 13.0. The number of hydrogen-bond donors (Lipinski definition) is 1. The van der Waals surface area contributed by atoms with Gasteiger partial charge in [0.2, 0.25) is 11.6 Å². The maximum absolute atomic E-state index is 13.1. The molecule has 1 N–H and O–H groups in total. The van der Waals surface area contributed by atoms with Crippen LogP contribution < -0.4 is 10.2 Å². The lowest BCUT2D eigenvalue weighted by Gasteiger charge is -2.31. The molecule has 1 aliphatic rings.